The summed E-state index contributed by atoms with van der Waals surface area (Å²) in [6, 6.07) is -0.208. The molecule has 5 nitrogen and oxygen atoms in total. The summed E-state index contributed by atoms with van der Waals surface area (Å²) in [6.45, 7) is 6.56. The predicted octanol–water partition coefficient (Wildman–Crippen LogP) is -0.487. The van der Waals surface area contributed by atoms with E-state index in [0.29, 0.717) is 19.7 Å². The van der Waals surface area contributed by atoms with Gasteiger partial charge < -0.3 is 15.4 Å². The van der Waals surface area contributed by atoms with Crippen molar-refractivity contribution in [3.63, 3.8) is 0 Å². The first-order valence-electron chi connectivity index (χ1n) is 5.64. The van der Waals surface area contributed by atoms with E-state index < -0.39 is 0 Å². The van der Waals surface area contributed by atoms with E-state index in [4.69, 9.17) is 10.5 Å². The highest BCUT2D eigenvalue weighted by Crippen LogP contribution is 2.23. The molecule has 0 bridgehead atoms. The van der Waals surface area contributed by atoms with Crippen molar-refractivity contribution < 1.29 is 9.53 Å². The lowest BCUT2D eigenvalue weighted by atomic mass is 9.95. The van der Waals surface area contributed by atoms with Crippen LogP contribution in [0.1, 0.15) is 13.8 Å². The number of ether oxygens (including phenoxy) is 1. The third-order valence-electron chi connectivity index (χ3n) is 3.39. The summed E-state index contributed by atoms with van der Waals surface area (Å²) in [5.74, 6) is 0.112. The molecule has 0 aliphatic carbocycles. The molecule has 5 heteroatoms. The molecule has 0 radical (unpaired) electrons. The van der Waals surface area contributed by atoms with E-state index in [1.165, 1.54) is 0 Å². The molecule has 0 saturated carbocycles. The van der Waals surface area contributed by atoms with Crippen molar-refractivity contribution in [3.8, 4) is 0 Å². The number of piperazine rings is 1. The fourth-order valence-corrected chi connectivity index (χ4v) is 2.10. The maximum atomic E-state index is 12.1. The Hall–Kier alpha value is -0.650. The van der Waals surface area contributed by atoms with E-state index in [0.717, 1.165) is 6.54 Å². The Bertz CT molecular complexity index is 256. The number of likely N-dealkylation sites (N-methyl/N-ethyl adjacent to an activating group) is 1. The third kappa shape index (κ3) is 2.53. The largest absolute Gasteiger partial charge is 0.383 e. The molecule has 1 unspecified atom stereocenters. The lowest BCUT2D eigenvalue weighted by Gasteiger charge is -2.49. The number of carbonyl (C=O) groups excluding carboxylic acids is 1. The maximum absolute atomic E-state index is 12.1. The van der Waals surface area contributed by atoms with Gasteiger partial charge >= 0.3 is 0 Å². The Kier molecular flexibility index (Phi) is 4.29. The molecule has 1 rings (SSSR count). The van der Waals surface area contributed by atoms with Crippen molar-refractivity contribution in [2.45, 2.75) is 25.4 Å². The molecule has 2 N–H and O–H groups in total. The molecule has 1 atom stereocenters. The number of rotatable bonds is 4. The average Bonchev–Trinajstić information content (AvgIpc) is 2.23. The summed E-state index contributed by atoms with van der Waals surface area (Å²) < 4.78 is 5.02. The third-order valence-corrected chi connectivity index (χ3v) is 3.39. The smallest absolute Gasteiger partial charge is 0.241 e. The van der Waals surface area contributed by atoms with Crippen LogP contribution in [0, 0.1) is 0 Å². The molecule has 0 aromatic rings. The van der Waals surface area contributed by atoms with Crippen LogP contribution in [0.3, 0.4) is 0 Å². The number of carbonyl (C=O) groups is 1. The van der Waals surface area contributed by atoms with E-state index in [1.54, 1.807) is 7.11 Å². The van der Waals surface area contributed by atoms with Crippen LogP contribution in [-0.2, 0) is 9.53 Å². The number of hydrogen-bond donors (Lipinski definition) is 1. The van der Waals surface area contributed by atoms with Gasteiger partial charge in [0.1, 0.15) is 6.04 Å². The van der Waals surface area contributed by atoms with Crippen molar-refractivity contribution in [2.24, 2.45) is 5.73 Å². The molecule has 1 saturated heterocycles. The van der Waals surface area contributed by atoms with Crippen molar-refractivity contribution >= 4 is 5.91 Å². The Labute approximate surface area is 97.5 Å². The van der Waals surface area contributed by atoms with Crippen molar-refractivity contribution in [2.75, 3.05) is 40.4 Å². The zero-order valence-electron chi connectivity index (χ0n) is 10.7. The SMILES string of the molecule is COCCN1CC(C)(C)N(C)C(CN)C1=O. The van der Waals surface area contributed by atoms with E-state index in [1.807, 2.05) is 11.9 Å². The number of nitrogens with zero attached hydrogens (tertiary/aromatic N) is 2. The minimum Gasteiger partial charge on any atom is -0.383 e. The van der Waals surface area contributed by atoms with Crippen LogP contribution in [0.4, 0.5) is 0 Å². The summed E-state index contributed by atoms with van der Waals surface area (Å²) in [6.07, 6.45) is 0. The predicted molar refractivity (Wildman–Crippen MR) is 63.1 cm³/mol. The van der Waals surface area contributed by atoms with Gasteiger partial charge in [-0.3, -0.25) is 9.69 Å². The zero-order valence-corrected chi connectivity index (χ0v) is 10.7. The monoisotopic (exact) mass is 229 g/mol. The van der Waals surface area contributed by atoms with Gasteiger partial charge in [0.05, 0.1) is 6.61 Å². The average molecular weight is 229 g/mol. The summed E-state index contributed by atoms with van der Waals surface area (Å²) in [5.41, 5.74) is 5.64. The Morgan fingerprint density at radius 3 is 2.69 bits per heavy atom. The lowest BCUT2D eigenvalue weighted by molar-refractivity contribution is -0.148. The summed E-state index contributed by atoms with van der Waals surface area (Å²) >= 11 is 0. The van der Waals surface area contributed by atoms with Gasteiger partial charge in [-0.15, -0.1) is 0 Å². The molecule has 0 spiro atoms. The summed E-state index contributed by atoms with van der Waals surface area (Å²) in [5, 5.41) is 0. The molecule has 1 aliphatic rings. The first kappa shape index (κ1) is 13.4. The lowest BCUT2D eigenvalue weighted by Crippen LogP contribution is -2.67. The number of amides is 1. The first-order valence-corrected chi connectivity index (χ1v) is 5.64. The van der Waals surface area contributed by atoms with Crippen LogP contribution in [0.2, 0.25) is 0 Å². The number of hydrogen-bond acceptors (Lipinski definition) is 4. The van der Waals surface area contributed by atoms with Gasteiger partial charge in [-0.1, -0.05) is 0 Å². The van der Waals surface area contributed by atoms with E-state index in [-0.39, 0.29) is 17.5 Å². The van der Waals surface area contributed by atoms with Gasteiger partial charge in [-0.2, -0.15) is 0 Å². The van der Waals surface area contributed by atoms with Gasteiger partial charge in [0.15, 0.2) is 0 Å². The van der Waals surface area contributed by atoms with Crippen molar-refractivity contribution in [1.29, 1.82) is 0 Å². The molecule has 1 aliphatic heterocycles. The highest BCUT2D eigenvalue weighted by atomic mass is 16.5. The van der Waals surface area contributed by atoms with Crippen LogP contribution in [0.5, 0.6) is 0 Å². The zero-order chi connectivity index (χ0) is 12.3. The molecule has 1 amide bonds. The van der Waals surface area contributed by atoms with Crippen molar-refractivity contribution in [3.05, 3.63) is 0 Å². The van der Waals surface area contributed by atoms with Crippen LogP contribution in [0.25, 0.3) is 0 Å². The second-order valence-corrected chi connectivity index (χ2v) is 4.93. The fraction of sp³-hybridized carbons (Fsp3) is 0.909. The highest BCUT2D eigenvalue weighted by molar-refractivity contribution is 5.83. The molecule has 94 valence electrons. The molecule has 0 aromatic carbocycles. The highest BCUT2D eigenvalue weighted by Gasteiger charge is 2.41. The summed E-state index contributed by atoms with van der Waals surface area (Å²) in [7, 11) is 3.61. The van der Waals surface area contributed by atoms with Crippen LogP contribution in [-0.4, -0.2) is 67.7 Å². The van der Waals surface area contributed by atoms with Gasteiger partial charge in [-0.25, -0.2) is 0 Å². The van der Waals surface area contributed by atoms with Crippen LogP contribution >= 0.6 is 0 Å². The molecule has 1 fully saturated rings. The summed E-state index contributed by atoms with van der Waals surface area (Å²) in [4.78, 5) is 16.0. The second kappa shape index (κ2) is 5.12. The Morgan fingerprint density at radius 1 is 1.56 bits per heavy atom. The molecular weight excluding hydrogens is 206 g/mol. The Balaban J connectivity index is 2.77. The molecule has 16 heavy (non-hydrogen) atoms. The minimum atomic E-state index is -0.208. The van der Waals surface area contributed by atoms with E-state index in [2.05, 4.69) is 18.7 Å². The number of methoxy groups -OCH3 is 1. The second-order valence-electron chi connectivity index (χ2n) is 4.93. The molecule has 1 heterocycles. The van der Waals surface area contributed by atoms with Gasteiger partial charge in [0.2, 0.25) is 5.91 Å². The van der Waals surface area contributed by atoms with Gasteiger partial charge in [0, 0.05) is 32.3 Å². The minimum absolute atomic E-state index is 0.0360. The normalized spacial score (nSPS) is 26.2. The Morgan fingerprint density at radius 2 is 2.19 bits per heavy atom. The van der Waals surface area contributed by atoms with E-state index in [9.17, 15) is 4.79 Å². The number of nitrogens with two attached hydrogens (primary N) is 1. The molecular formula is C11H23N3O2. The van der Waals surface area contributed by atoms with Crippen LogP contribution < -0.4 is 5.73 Å². The fourth-order valence-electron chi connectivity index (χ4n) is 2.10. The van der Waals surface area contributed by atoms with Gasteiger partial charge in [-0.05, 0) is 20.9 Å². The maximum Gasteiger partial charge on any atom is 0.241 e. The first-order chi connectivity index (χ1) is 7.44. The van der Waals surface area contributed by atoms with Crippen molar-refractivity contribution in [1.82, 2.24) is 9.80 Å². The van der Waals surface area contributed by atoms with E-state index >= 15 is 0 Å². The molecule has 0 aromatic heterocycles. The standard InChI is InChI=1S/C11H23N3O2/c1-11(2)8-14(5-6-16-4)10(15)9(7-12)13(11)3/h9H,5-8,12H2,1-4H3. The quantitative estimate of drug-likeness (QED) is 0.707. The topological polar surface area (TPSA) is 58.8 Å². The van der Waals surface area contributed by atoms with Gasteiger partial charge in [0.25, 0.3) is 0 Å². The van der Waals surface area contributed by atoms with Crippen LogP contribution in [0.15, 0.2) is 0 Å².